The van der Waals surface area contributed by atoms with Crippen molar-refractivity contribution in [2.75, 3.05) is 19.7 Å². The van der Waals surface area contributed by atoms with Crippen LogP contribution in [0.1, 0.15) is 68.4 Å². The molecule has 1 saturated heterocycles. The lowest BCUT2D eigenvalue weighted by Gasteiger charge is -2.27. The predicted octanol–water partition coefficient (Wildman–Crippen LogP) is 6.45. The van der Waals surface area contributed by atoms with E-state index in [1.165, 1.54) is 61.2 Å². The molecule has 1 fully saturated rings. The first-order valence-electron chi connectivity index (χ1n) is 12.0. The minimum atomic E-state index is 0.359. The van der Waals surface area contributed by atoms with Crippen molar-refractivity contribution in [3.63, 3.8) is 0 Å². The highest BCUT2D eigenvalue weighted by Gasteiger charge is 2.23. The third kappa shape index (κ3) is 5.30. The second-order valence-electron chi connectivity index (χ2n) is 9.04. The number of fused-ring (bicyclic) bond motifs is 1. The van der Waals surface area contributed by atoms with Crippen molar-refractivity contribution in [2.24, 2.45) is 0 Å². The average molecular weight is 420 g/mol. The Hall–Kier alpha value is -2.33. The fourth-order valence-corrected chi connectivity index (χ4v) is 4.66. The summed E-state index contributed by atoms with van der Waals surface area (Å²) in [5, 5.41) is 0. The molecular weight excluding hydrogens is 382 g/mol. The molecule has 31 heavy (non-hydrogen) atoms. The van der Waals surface area contributed by atoms with Crippen molar-refractivity contribution in [3.05, 3.63) is 59.4 Å². The maximum Gasteiger partial charge on any atom is 0.127 e. The van der Waals surface area contributed by atoms with Gasteiger partial charge in [0.15, 0.2) is 0 Å². The van der Waals surface area contributed by atoms with Crippen LogP contribution in [0.15, 0.2) is 42.5 Å². The van der Waals surface area contributed by atoms with E-state index in [1.54, 1.807) is 0 Å². The molecule has 0 aliphatic carbocycles. The molecule has 1 aliphatic heterocycles. The number of ether oxygens (including phenoxy) is 1. The number of benzene rings is 2. The lowest BCUT2D eigenvalue weighted by atomic mass is 10.1. The molecule has 4 heteroatoms. The highest BCUT2D eigenvalue weighted by molar-refractivity contribution is 5.76. The Kier molecular flexibility index (Phi) is 7.29. The van der Waals surface area contributed by atoms with E-state index >= 15 is 0 Å². The summed E-state index contributed by atoms with van der Waals surface area (Å²) in [5.74, 6) is 2.20. The highest BCUT2D eigenvalue weighted by Crippen LogP contribution is 2.27. The van der Waals surface area contributed by atoms with Gasteiger partial charge < -0.3 is 9.30 Å². The molecule has 2 aromatic carbocycles. The molecule has 1 unspecified atom stereocenters. The van der Waals surface area contributed by atoms with E-state index in [-0.39, 0.29) is 0 Å². The van der Waals surface area contributed by atoms with Crippen LogP contribution in [0.2, 0.25) is 0 Å². The summed E-state index contributed by atoms with van der Waals surface area (Å²) in [7, 11) is 0. The summed E-state index contributed by atoms with van der Waals surface area (Å²) in [5.41, 5.74) is 4.97. The average Bonchev–Trinajstić information content (AvgIpc) is 2.94. The molecular formula is C27H37N3O. The molecule has 4 rings (SSSR count). The number of hydrogen-bond acceptors (Lipinski definition) is 3. The summed E-state index contributed by atoms with van der Waals surface area (Å²) in [6.07, 6.45) is 7.46. The van der Waals surface area contributed by atoms with Crippen LogP contribution in [0.25, 0.3) is 11.0 Å². The number of aryl methyl sites for hydroxylation is 3. The van der Waals surface area contributed by atoms with Crippen LogP contribution >= 0.6 is 0 Å². The third-order valence-electron chi connectivity index (χ3n) is 6.77. The third-order valence-corrected chi connectivity index (χ3v) is 6.77. The number of unbranched alkanes of at least 4 members (excludes halogenated alkanes) is 1. The van der Waals surface area contributed by atoms with Crippen LogP contribution in [0.5, 0.6) is 5.75 Å². The Morgan fingerprint density at radius 1 is 0.935 bits per heavy atom. The molecule has 1 aromatic heterocycles. The lowest BCUT2D eigenvalue weighted by Crippen LogP contribution is -2.30. The van der Waals surface area contributed by atoms with E-state index in [2.05, 4.69) is 72.7 Å². The first kappa shape index (κ1) is 21.9. The molecule has 0 spiro atoms. The Bertz CT molecular complexity index is 985. The van der Waals surface area contributed by atoms with Crippen molar-refractivity contribution < 1.29 is 4.74 Å². The van der Waals surface area contributed by atoms with Crippen molar-refractivity contribution in [2.45, 2.75) is 71.9 Å². The molecule has 4 nitrogen and oxygen atoms in total. The quantitative estimate of drug-likeness (QED) is 0.393. The topological polar surface area (TPSA) is 30.3 Å². The molecule has 1 atom stereocenters. The molecule has 0 radical (unpaired) electrons. The van der Waals surface area contributed by atoms with E-state index in [1.807, 2.05) is 0 Å². The van der Waals surface area contributed by atoms with Gasteiger partial charge in [0, 0.05) is 6.54 Å². The van der Waals surface area contributed by atoms with E-state index < -0.39 is 0 Å². The number of aromatic nitrogens is 2. The van der Waals surface area contributed by atoms with Gasteiger partial charge in [0.2, 0.25) is 0 Å². The SMILES string of the molecule is Cc1ccc(OCCCCn2c(C(C)N3CCCCCC3)nc3ccccc32)cc1C. The van der Waals surface area contributed by atoms with Crippen LogP contribution in [-0.2, 0) is 6.54 Å². The number of likely N-dealkylation sites (tertiary alicyclic amines) is 1. The van der Waals surface area contributed by atoms with Crippen molar-refractivity contribution in [1.29, 1.82) is 0 Å². The Labute approximate surface area is 187 Å². The number of imidazole rings is 1. The number of para-hydroxylation sites is 2. The zero-order chi connectivity index (χ0) is 21.6. The Morgan fingerprint density at radius 2 is 1.71 bits per heavy atom. The zero-order valence-corrected chi connectivity index (χ0v) is 19.4. The zero-order valence-electron chi connectivity index (χ0n) is 19.4. The van der Waals surface area contributed by atoms with Gasteiger partial charge in [0.25, 0.3) is 0 Å². The van der Waals surface area contributed by atoms with Gasteiger partial charge in [-0.1, -0.05) is 31.0 Å². The number of nitrogens with zero attached hydrogens (tertiary/aromatic N) is 3. The van der Waals surface area contributed by atoms with Crippen molar-refractivity contribution in [3.8, 4) is 5.75 Å². The summed E-state index contributed by atoms with van der Waals surface area (Å²) in [6, 6.07) is 15.3. The van der Waals surface area contributed by atoms with Gasteiger partial charge in [-0.3, -0.25) is 4.90 Å². The van der Waals surface area contributed by atoms with Gasteiger partial charge >= 0.3 is 0 Å². The van der Waals surface area contributed by atoms with Gasteiger partial charge in [-0.25, -0.2) is 4.98 Å². The predicted molar refractivity (Wildman–Crippen MR) is 129 cm³/mol. The lowest BCUT2D eigenvalue weighted by molar-refractivity contribution is 0.207. The van der Waals surface area contributed by atoms with E-state index in [0.29, 0.717) is 6.04 Å². The summed E-state index contributed by atoms with van der Waals surface area (Å²) in [6.45, 7) is 10.7. The molecule has 0 amide bonds. The van der Waals surface area contributed by atoms with Crippen LogP contribution in [-0.4, -0.2) is 34.1 Å². The van der Waals surface area contributed by atoms with E-state index in [9.17, 15) is 0 Å². The fourth-order valence-electron chi connectivity index (χ4n) is 4.66. The van der Waals surface area contributed by atoms with Gasteiger partial charge in [-0.05, 0) is 94.9 Å². The standard InChI is InChI=1S/C27H37N3O/c1-21-14-15-24(20-22(21)2)31-19-11-10-18-30-26-13-7-6-12-25(26)28-27(30)23(3)29-16-8-4-5-9-17-29/h6-7,12-15,20,23H,4-5,8-11,16-19H2,1-3H3. The number of hydrogen-bond donors (Lipinski definition) is 0. The summed E-state index contributed by atoms with van der Waals surface area (Å²) >= 11 is 0. The second kappa shape index (κ2) is 10.3. The largest absolute Gasteiger partial charge is 0.494 e. The van der Waals surface area contributed by atoms with E-state index in [0.717, 1.165) is 37.3 Å². The smallest absolute Gasteiger partial charge is 0.127 e. The van der Waals surface area contributed by atoms with Crippen LogP contribution < -0.4 is 4.74 Å². The van der Waals surface area contributed by atoms with Gasteiger partial charge in [-0.2, -0.15) is 0 Å². The Morgan fingerprint density at radius 3 is 2.48 bits per heavy atom. The van der Waals surface area contributed by atoms with Crippen molar-refractivity contribution in [1.82, 2.24) is 14.5 Å². The molecule has 0 saturated carbocycles. The first-order valence-corrected chi connectivity index (χ1v) is 12.0. The monoisotopic (exact) mass is 419 g/mol. The molecule has 0 bridgehead atoms. The molecule has 3 aromatic rings. The van der Waals surface area contributed by atoms with Crippen molar-refractivity contribution >= 4 is 11.0 Å². The second-order valence-corrected chi connectivity index (χ2v) is 9.04. The first-order chi connectivity index (χ1) is 15.1. The van der Waals surface area contributed by atoms with Crippen LogP contribution in [0, 0.1) is 13.8 Å². The van der Waals surface area contributed by atoms with Gasteiger partial charge in [0.1, 0.15) is 11.6 Å². The highest BCUT2D eigenvalue weighted by atomic mass is 16.5. The van der Waals surface area contributed by atoms with Gasteiger partial charge in [-0.15, -0.1) is 0 Å². The fraction of sp³-hybridized carbons (Fsp3) is 0.519. The number of rotatable bonds is 8. The Balaban J connectivity index is 1.41. The summed E-state index contributed by atoms with van der Waals surface area (Å²) < 4.78 is 8.46. The maximum absolute atomic E-state index is 6.00. The minimum absolute atomic E-state index is 0.359. The molecule has 166 valence electrons. The molecule has 0 N–H and O–H groups in total. The summed E-state index contributed by atoms with van der Waals surface area (Å²) in [4.78, 5) is 7.71. The van der Waals surface area contributed by atoms with E-state index in [4.69, 9.17) is 9.72 Å². The van der Waals surface area contributed by atoms with Gasteiger partial charge in [0.05, 0.1) is 23.7 Å². The molecule has 2 heterocycles. The minimum Gasteiger partial charge on any atom is -0.494 e. The maximum atomic E-state index is 6.00. The van der Waals surface area contributed by atoms with Crippen LogP contribution in [0.3, 0.4) is 0 Å². The normalized spacial score (nSPS) is 16.4. The van der Waals surface area contributed by atoms with Crippen LogP contribution in [0.4, 0.5) is 0 Å². The molecule has 1 aliphatic rings.